The van der Waals surface area contributed by atoms with Crippen LogP contribution in [0.2, 0.25) is 5.02 Å². The number of carbonyl (C=O) groups is 2. The molecule has 0 saturated heterocycles. The van der Waals surface area contributed by atoms with Crippen molar-refractivity contribution in [3.8, 4) is 6.07 Å². The molecule has 0 saturated carbocycles. The van der Waals surface area contributed by atoms with E-state index in [1.165, 1.54) is 4.90 Å². The number of hydrogen-bond acceptors (Lipinski definition) is 5. The lowest BCUT2D eigenvalue weighted by molar-refractivity contribution is -0.127. The van der Waals surface area contributed by atoms with Crippen LogP contribution in [0.5, 0.6) is 0 Å². The first-order valence-corrected chi connectivity index (χ1v) is 13.0. The first-order valence-electron chi connectivity index (χ1n) is 12.6. The fourth-order valence-corrected chi connectivity index (χ4v) is 5.62. The Bertz CT molecular complexity index is 1610. The number of rotatable bonds is 4. The molecule has 5 rings (SSSR count). The third-order valence-corrected chi connectivity index (χ3v) is 7.37. The Hall–Kier alpha value is -3.83. The Morgan fingerprint density at radius 3 is 2.63 bits per heavy atom. The molecule has 0 fully saturated rings. The van der Waals surface area contributed by atoms with Crippen LogP contribution in [-0.4, -0.2) is 39.2 Å². The number of carbonyl (C=O) groups excluding carboxylic acids is 2. The van der Waals surface area contributed by atoms with Crippen LogP contribution >= 0.6 is 11.6 Å². The van der Waals surface area contributed by atoms with Crippen LogP contribution in [-0.2, 0) is 23.0 Å². The number of likely N-dealkylation sites (tertiary alicyclic amines) is 1. The number of amides is 2. The van der Waals surface area contributed by atoms with E-state index in [0.29, 0.717) is 16.8 Å². The van der Waals surface area contributed by atoms with Crippen molar-refractivity contribution in [3.63, 3.8) is 0 Å². The zero-order valence-electron chi connectivity index (χ0n) is 21.7. The maximum absolute atomic E-state index is 13.4. The predicted octanol–water partition coefficient (Wildman–Crippen LogP) is 4.81. The van der Waals surface area contributed by atoms with Crippen molar-refractivity contribution in [1.29, 1.82) is 5.26 Å². The molecule has 3 aromatic rings. The van der Waals surface area contributed by atoms with Gasteiger partial charge in [0.25, 0.3) is 5.56 Å². The molecule has 2 bridgehead atoms. The van der Waals surface area contributed by atoms with E-state index in [1.807, 2.05) is 24.3 Å². The van der Waals surface area contributed by atoms with Crippen molar-refractivity contribution in [3.05, 3.63) is 69.1 Å². The zero-order valence-corrected chi connectivity index (χ0v) is 22.5. The summed E-state index contributed by atoms with van der Waals surface area (Å²) < 4.78 is 7.10. The van der Waals surface area contributed by atoms with E-state index in [0.717, 1.165) is 34.0 Å². The molecule has 0 spiro atoms. The van der Waals surface area contributed by atoms with Gasteiger partial charge in [0, 0.05) is 40.9 Å². The fraction of sp³-hybridized carbons (Fsp3) is 0.379. The van der Waals surface area contributed by atoms with E-state index in [9.17, 15) is 19.6 Å². The van der Waals surface area contributed by atoms with Crippen LogP contribution in [0.4, 0.5) is 4.79 Å². The number of nitrogens with zero attached hydrogens (tertiary/aromatic N) is 3. The summed E-state index contributed by atoms with van der Waals surface area (Å²) in [6.07, 6.45) is 3.09. The summed E-state index contributed by atoms with van der Waals surface area (Å²) in [5, 5.41) is 15.4. The van der Waals surface area contributed by atoms with E-state index in [1.54, 1.807) is 50.6 Å². The molecule has 1 unspecified atom stereocenters. The molecular weight excluding hydrogens is 504 g/mol. The van der Waals surface area contributed by atoms with Gasteiger partial charge in [0.1, 0.15) is 17.7 Å². The van der Waals surface area contributed by atoms with Gasteiger partial charge in [-0.2, -0.15) is 5.26 Å². The highest BCUT2D eigenvalue weighted by atomic mass is 35.5. The Kier molecular flexibility index (Phi) is 6.44. The number of nitriles is 1. The Morgan fingerprint density at radius 1 is 1.18 bits per heavy atom. The van der Waals surface area contributed by atoms with Gasteiger partial charge in [0.05, 0.1) is 11.6 Å². The van der Waals surface area contributed by atoms with Crippen LogP contribution in [0.3, 0.4) is 0 Å². The van der Waals surface area contributed by atoms with Gasteiger partial charge in [-0.1, -0.05) is 35.9 Å². The molecule has 8 nitrogen and oxygen atoms in total. The van der Waals surface area contributed by atoms with E-state index >= 15 is 0 Å². The predicted molar refractivity (Wildman–Crippen MR) is 146 cm³/mol. The third-order valence-electron chi connectivity index (χ3n) is 7.13. The average molecular weight is 533 g/mol. The molecule has 2 heterocycles. The maximum Gasteiger partial charge on any atom is 0.415 e. The van der Waals surface area contributed by atoms with Crippen LogP contribution in [0.15, 0.2) is 53.0 Å². The molecule has 1 aliphatic heterocycles. The highest BCUT2D eigenvalue weighted by Crippen LogP contribution is 2.41. The highest BCUT2D eigenvalue weighted by molar-refractivity contribution is 6.31. The first kappa shape index (κ1) is 25.8. The number of halogens is 1. The molecule has 9 heteroatoms. The van der Waals surface area contributed by atoms with Crippen LogP contribution in [0, 0.1) is 17.2 Å². The number of hydrogen-bond donors (Lipinski definition) is 1. The van der Waals surface area contributed by atoms with Gasteiger partial charge >= 0.3 is 6.09 Å². The summed E-state index contributed by atoms with van der Waals surface area (Å²) in [6.45, 7) is 5.34. The first-order chi connectivity index (χ1) is 18.0. The normalized spacial score (nSPS) is 19.4. The molecule has 1 N–H and O–H groups in total. The highest BCUT2D eigenvalue weighted by Gasteiger charge is 2.48. The van der Waals surface area contributed by atoms with Gasteiger partial charge in [0.15, 0.2) is 0 Å². The SMILES string of the molecule is Cn1c(=O)c2cc(CC(C#N)NC(=O)[C@@H]3[C@@H]4C=C(CC4)N3C(=O)OC(C)(C)C)ccc2c2ccc(Cl)cc21. The fourth-order valence-electron chi connectivity index (χ4n) is 5.45. The van der Waals surface area contributed by atoms with Crippen molar-refractivity contribution in [2.24, 2.45) is 13.0 Å². The molecule has 0 radical (unpaired) electrons. The Labute approximate surface area is 225 Å². The van der Waals surface area contributed by atoms with Crippen LogP contribution in [0.1, 0.15) is 39.2 Å². The topological polar surface area (TPSA) is 104 Å². The molecule has 1 aliphatic carbocycles. The number of pyridine rings is 1. The number of aromatic nitrogens is 1. The average Bonchev–Trinajstić information content (AvgIpc) is 3.48. The molecule has 2 aromatic carbocycles. The summed E-state index contributed by atoms with van der Waals surface area (Å²) in [5.41, 5.74) is 1.40. The van der Waals surface area contributed by atoms with Crippen molar-refractivity contribution in [1.82, 2.24) is 14.8 Å². The number of benzene rings is 2. The Morgan fingerprint density at radius 2 is 1.92 bits per heavy atom. The maximum atomic E-state index is 13.4. The summed E-state index contributed by atoms with van der Waals surface area (Å²) in [4.78, 5) is 40.8. The van der Waals surface area contributed by atoms with Crippen LogP contribution in [0.25, 0.3) is 21.7 Å². The van der Waals surface area contributed by atoms with Crippen molar-refractivity contribution >= 4 is 45.3 Å². The molecule has 1 aromatic heterocycles. The standard InChI is InChI=1S/C29H29ClN4O4/c1-29(2,3)38-28(37)34-20-8-6-17(13-20)25(34)26(35)32-19(15-31)11-16-5-9-21-22-10-7-18(30)14-24(22)33(4)27(36)23(21)12-16/h5,7,9-10,12-14,17,19,25H,6,8,11H2,1-4H3,(H,32,35)/t17-,19?,25-/m0/s1. The molecule has 2 amide bonds. The van der Waals surface area contributed by atoms with Crippen molar-refractivity contribution in [2.75, 3.05) is 0 Å². The van der Waals surface area contributed by atoms with Crippen molar-refractivity contribution < 1.29 is 14.3 Å². The summed E-state index contributed by atoms with van der Waals surface area (Å²) in [6, 6.07) is 11.5. The number of ether oxygens (including phenoxy) is 1. The zero-order chi connectivity index (χ0) is 27.4. The quantitative estimate of drug-likeness (QED) is 0.486. The van der Waals surface area contributed by atoms with E-state index in [4.69, 9.17) is 16.3 Å². The summed E-state index contributed by atoms with van der Waals surface area (Å²) in [5.74, 6) is -0.500. The second-order valence-electron chi connectivity index (χ2n) is 11.0. The van der Waals surface area contributed by atoms with Gasteiger partial charge < -0.3 is 14.6 Å². The molecule has 2 aliphatic rings. The number of aryl methyl sites for hydroxylation is 1. The smallest absolute Gasteiger partial charge is 0.415 e. The largest absolute Gasteiger partial charge is 0.443 e. The lowest BCUT2D eigenvalue weighted by Crippen LogP contribution is -2.54. The molecule has 38 heavy (non-hydrogen) atoms. The second-order valence-corrected chi connectivity index (χ2v) is 11.4. The molecular formula is C29H29ClN4O4. The number of nitrogens with one attached hydrogen (secondary N) is 1. The number of fused-ring (bicyclic) bond motifs is 4. The molecule has 196 valence electrons. The van der Waals surface area contributed by atoms with Crippen molar-refractivity contribution in [2.45, 2.75) is 57.7 Å². The van der Waals surface area contributed by atoms with E-state index in [-0.39, 0.29) is 17.9 Å². The third kappa shape index (κ3) is 4.63. The number of piperidine rings is 1. The monoisotopic (exact) mass is 532 g/mol. The number of allylic oxidation sites excluding steroid dienone is 1. The van der Waals surface area contributed by atoms with Gasteiger partial charge in [-0.25, -0.2) is 4.79 Å². The molecule has 3 atom stereocenters. The lowest BCUT2D eigenvalue weighted by atomic mass is 9.95. The minimum Gasteiger partial charge on any atom is -0.443 e. The Balaban J connectivity index is 1.38. The summed E-state index contributed by atoms with van der Waals surface area (Å²) in [7, 11) is 1.70. The lowest BCUT2D eigenvalue weighted by Gasteiger charge is -2.35. The van der Waals surface area contributed by atoms with Gasteiger partial charge in [-0.15, -0.1) is 0 Å². The minimum absolute atomic E-state index is 0.109. The van der Waals surface area contributed by atoms with Gasteiger partial charge in [0.2, 0.25) is 5.91 Å². The second kappa shape index (κ2) is 9.48. The van der Waals surface area contributed by atoms with E-state index < -0.39 is 29.7 Å². The van der Waals surface area contributed by atoms with Gasteiger partial charge in [-0.3, -0.25) is 14.5 Å². The van der Waals surface area contributed by atoms with Gasteiger partial charge in [-0.05, 0) is 62.8 Å². The minimum atomic E-state index is -0.840. The summed E-state index contributed by atoms with van der Waals surface area (Å²) >= 11 is 6.14. The van der Waals surface area contributed by atoms with E-state index in [2.05, 4.69) is 11.4 Å². The van der Waals surface area contributed by atoms with Crippen LogP contribution < -0.4 is 10.9 Å².